The second-order valence-corrected chi connectivity index (χ2v) is 14.8. The van der Waals surface area contributed by atoms with Crippen LogP contribution in [0.15, 0.2) is 188 Å². The minimum absolute atomic E-state index is 0.0335. The van der Waals surface area contributed by atoms with Gasteiger partial charge in [0.1, 0.15) is 0 Å². The van der Waals surface area contributed by atoms with E-state index in [-0.39, 0.29) is 5.41 Å². The van der Waals surface area contributed by atoms with Crippen LogP contribution in [0.5, 0.6) is 0 Å². The fraction of sp³-hybridized carbons (Fsp3) is 0.0577. The number of hydrogen-bond donors (Lipinski definition) is 0. The van der Waals surface area contributed by atoms with E-state index in [4.69, 9.17) is 15.0 Å². The Morgan fingerprint density at radius 1 is 0.291 bits per heavy atom. The van der Waals surface area contributed by atoms with Gasteiger partial charge < -0.3 is 0 Å². The van der Waals surface area contributed by atoms with Crippen LogP contribution in [0.1, 0.15) is 25.0 Å². The molecule has 0 fully saturated rings. The molecule has 1 aliphatic carbocycles. The van der Waals surface area contributed by atoms with Crippen molar-refractivity contribution in [3.8, 4) is 78.7 Å². The van der Waals surface area contributed by atoms with Crippen LogP contribution in [0.25, 0.3) is 89.4 Å². The molecule has 0 spiro atoms. The monoisotopic (exact) mass is 703 g/mol. The van der Waals surface area contributed by atoms with Gasteiger partial charge in [0.05, 0.1) is 0 Å². The van der Waals surface area contributed by atoms with Crippen molar-refractivity contribution in [3.63, 3.8) is 0 Å². The van der Waals surface area contributed by atoms with Crippen LogP contribution in [-0.2, 0) is 5.41 Å². The second kappa shape index (κ2) is 13.2. The van der Waals surface area contributed by atoms with Crippen molar-refractivity contribution in [2.24, 2.45) is 0 Å². The second-order valence-electron chi connectivity index (χ2n) is 14.8. The smallest absolute Gasteiger partial charge is 0.164 e. The molecule has 1 heterocycles. The predicted octanol–water partition coefficient (Wildman–Crippen LogP) is 13.3. The van der Waals surface area contributed by atoms with E-state index in [1.165, 1.54) is 44.5 Å². The van der Waals surface area contributed by atoms with Gasteiger partial charge in [0, 0.05) is 22.1 Å². The largest absolute Gasteiger partial charge is 0.208 e. The molecule has 0 saturated carbocycles. The van der Waals surface area contributed by atoms with Gasteiger partial charge in [-0.1, -0.05) is 196 Å². The van der Waals surface area contributed by atoms with Crippen LogP contribution in [0.4, 0.5) is 0 Å². The van der Waals surface area contributed by atoms with Crippen LogP contribution < -0.4 is 0 Å². The molecule has 3 nitrogen and oxygen atoms in total. The molecule has 1 aliphatic rings. The molecule has 260 valence electrons. The van der Waals surface area contributed by atoms with Crippen LogP contribution in [0.2, 0.25) is 0 Å². The van der Waals surface area contributed by atoms with Crippen molar-refractivity contribution < 1.29 is 0 Å². The lowest BCUT2D eigenvalue weighted by atomic mass is 9.82. The molecule has 0 bridgehead atoms. The Hall–Kier alpha value is -6.97. The first-order valence-electron chi connectivity index (χ1n) is 18.9. The maximum atomic E-state index is 5.19. The molecular weight excluding hydrogens is 667 g/mol. The standard InChI is InChI=1S/C52H37N3/c1-52(2)47-22-10-9-17-44(47)46-33-40(31-32-48(46)52)41-18-11-20-43-42(41)19-12-21-45(43)51-54-49(38-27-23-36(24-28-38)34-13-5-3-6-14-34)53-50(55-51)39-29-25-37(26-30-39)35-15-7-4-8-16-35/h3-33H,1-2H3. The summed E-state index contributed by atoms with van der Waals surface area (Å²) >= 11 is 0. The highest BCUT2D eigenvalue weighted by Gasteiger charge is 2.35. The van der Waals surface area contributed by atoms with Crippen LogP contribution in [0, 0.1) is 0 Å². The molecule has 0 radical (unpaired) electrons. The summed E-state index contributed by atoms with van der Waals surface area (Å²) in [6, 6.07) is 66.7. The molecule has 55 heavy (non-hydrogen) atoms. The van der Waals surface area contributed by atoms with Gasteiger partial charge in [0.15, 0.2) is 17.5 Å². The van der Waals surface area contributed by atoms with Gasteiger partial charge >= 0.3 is 0 Å². The van der Waals surface area contributed by atoms with Crippen LogP contribution in [0.3, 0.4) is 0 Å². The third-order valence-electron chi connectivity index (χ3n) is 11.2. The molecule has 0 saturated heterocycles. The molecule has 0 atom stereocenters. The maximum Gasteiger partial charge on any atom is 0.164 e. The molecule has 9 aromatic rings. The van der Waals surface area contributed by atoms with Crippen molar-refractivity contribution in [1.29, 1.82) is 0 Å². The van der Waals surface area contributed by atoms with Crippen molar-refractivity contribution in [2.75, 3.05) is 0 Å². The highest BCUT2D eigenvalue weighted by Crippen LogP contribution is 2.50. The molecular formula is C52H37N3. The first kappa shape index (κ1) is 32.7. The van der Waals surface area contributed by atoms with Gasteiger partial charge in [0.2, 0.25) is 0 Å². The number of rotatable bonds is 6. The van der Waals surface area contributed by atoms with E-state index >= 15 is 0 Å². The summed E-state index contributed by atoms with van der Waals surface area (Å²) in [6.45, 7) is 4.65. The fourth-order valence-electron chi connectivity index (χ4n) is 8.28. The quantitative estimate of drug-likeness (QED) is 0.173. The highest BCUT2D eigenvalue weighted by atomic mass is 15.0. The van der Waals surface area contributed by atoms with Crippen LogP contribution in [-0.4, -0.2) is 15.0 Å². The Morgan fingerprint density at radius 2 is 0.709 bits per heavy atom. The molecule has 0 aliphatic heterocycles. The average molecular weight is 704 g/mol. The van der Waals surface area contributed by atoms with Crippen molar-refractivity contribution in [3.05, 3.63) is 199 Å². The van der Waals surface area contributed by atoms with E-state index in [0.29, 0.717) is 17.5 Å². The van der Waals surface area contributed by atoms with Gasteiger partial charge in [-0.3, -0.25) is 0 Å². The minimum Gasteiger partial charge on any atom is -0.208 e. The normalized spacial score (nSPS) is 12.7. The molecule has 0 unspecified atom stereocenters. The Bertz CT molecular complexity index is 2760. The minimum atomic E-state index is -0.0335. The topological polar surface area (TPSA) is 38.7 Å². The summed E-state index contributed by atoms with van der Waals surface area (Å²) in [5.41, 5.74) is 15.2. The van der Waals surface area contributed by atoms with Crippen molar-refractivity contribution in [1.82, 2.24) is 15.0 Å². The lowest BCUT2D eigenvalue weighted by Gasteiger charge is -2.21. The summed E-state index contributed by atoms with van der Waals surface area (Å²) in [5.74, 6) is 1.92. The highest BCUT2D eigenvalue weighted by molar-refractivity contribution is 6.04. The number of nitrogens with zero attached hydrogens (tertiary/aromatic N) is 3. The predicted molar refractivity (Wildman–Crippen MR) is 228 cm³/mol. The van der Waals surface area contributed by atoms with Gasteiger partial charge in [-0.15, -0.1) is 0 Å². The SMILES string of the molecule is CC1(C)c2ccccc2-c2cc(-c3cccc4c(-c5nc(-c6ccc(-c7ccccc7)cc6)nc(-c6ccc(-c7ccccc7)cc6)n5)cccc34)ccc21. The van der Waals surface area contributed by atoms with Crippen molar-refractivity contribution >= 4 is 10.8 Å². The zero-order valence-corrected chi connectivity index (χ0v) is 30.7. The van der Waals surface area contributed by atoms with E-state index in [0.717, 1.165) is 38.6 Å². The van der Waals surface area contributed by atoms with Gasteiger partial charge in [-0.05, 0) is 72.5 Å². The first-order chi connectivity index (χ1) is 27.0. The average Bonchev–Trinajstić information content (AvgIpc) is 3.49. The van der Waals surface area contributed by atoms with E-state index in [1.54, 1.807) is 0 Å². The zero-order valence-electron chi connectivity index (χ0n) is 30.7. The third-order valence-corrected chi connectivity index (χ3v) is 11.2. The van der Waals surface area contributed by atoms with Gasteiger partial charge in [0.25, 0.3) is 0 Å². The Labute approximate surface area is 321 Å². The molecule has 0 N–H and O–H groups in total. The summed E-state index contributed by atoms with van der Waals surface area (Å²) < 4.78 is 0. The van der Waals surface area contributed by atoms with Crippen molar-refractivity contribution in [2.45, 2.75) is 19.3 Å². The Kier molecular flexibility index (Phi) is 7.81. The molecule has 10 rings (SSSR count). The molecule has 1 aromatic heterocycles. The van der Waals surface area contributed by atoms with Gasteiger partial charge in [-0.25, -0.2) is 15.0 Å². The molecule has 0 amide bonds. The molecule has 3 heteroatoms. The lowest BCUT2D eigenvalue weighted by Crippen LogP contribution is -2.14. The molecule has 8 aromatic carbocycles. The Morgan fingerprint density at radius 3 is 1.31 bits per heavy atom. The van der Waals surface area contributed by atoms with E-state index in [2.05, 4.69) is 190 Å². The maximum absolute atomic E-state index is 5.19. The number of aromatic nitrogens is 3. The summed E-state index contributed by atoms with van der Waals surface area (Å²) in [6.07, 6.45) is 0. The number of fused-ring (bicyclic) bond motifs is 4. The number of hydrogen-bond acceptors (Lipinski definition) is 3. The number of benzene rings is 8. The van der Waals surface area contributed by atoms with Gasteiger partial charge in [-0.2, -0.15) is 0 Å². The summed E-state index contributed by atoms with van der Waals surface area (Å²) in [4.78, 5) is 15.5. The first-order valence-corrected chi connectivity index (χ1v) is 18.9. The van der Waals surface area contributed by atoms with E-state index in [9.17, 15) is 0 Å². The Balaban J connectivity index is 1.10. The fourth-order valence-corrected chi connectivity index (χ4v) is 8.28. The van der Waals surface area contributed by atoms with E-state index in [1.807, 2.05) is 12.1 Å². The summed E-state index contributed by atoms with van der Waals surface area (Å²) in [5, 5.41) is 2.26. The lowest BCUT2D eigenvalue weighted by molar-refractivity contribution is 0.660. The summed E-state index contributed by atoms with van der Waals surface area (Å²) in [7, 11) is 0. The van der Waals surface area contributed by atoms with E-state index < -0.39 is 0 Å². The zero-order chi connectivity index (χ0) is 36.9. The van der Waals surface area contributed by atoms with Crippen LogP contribution >= 0.6 is 0 Å². The third kappa shape index (κ3) is 5.73.